The summed E-state index contributed by atoms with van der Waals surface area (Å²) < 4.78 is 28.6. The fourth-order valence-corrected chi connectivity index (χ4v) is 3.54. The summed E-state index contributed by atoms with van der Waals surface area (Å²) in [5, 5.41) is 3.60. The summed E-state index contributed by atoms with van der Waals surface area (Å²) in [6, 6.07) is 3.72. The van der Waals surface area contributed by atoms with Gasteiger partial charge in [0.25, 0.3) is 0 Å². The molecule has 0 spiro atoms. The lowest BCUT2D eigenvalue weighted by Gasteiger charge is -2.27. The van der Waals surface area contributed by atoms with E-state index in [0.29, 0.717) is 11.3 Å². The van der Waals surface area contributed by atoms with Crippen molar-refractivity contribution in [2.75, 3.05) is 5.32 Å². The molecular formula is C20H21F2N5O. The topological polar surface area (TPSA) is 72.7 Å². The second-order valence-corrected chi connectivity index (χ2v) is 7.36. The number of hydrogen-bond acceptors (Lipinski definition) is 4. The first-order valence-corrected chi connectivity index (χ1v) is 9.25. The predicted molar refractivity (Wildman–Crippen MR) is 102 cm³/mol. The van der Waals surface area contributed by atoms with E-state index in [-0.39, 0.29) is 31.6 Å². The van der Waals surface area contributed by atoms with Gasteiger partial charge in [-0.15, -0.1) is 0 Å². The zero-order chi connectivity index (χ0) is 19.9. The molecule has 1 N–H and O–H groups in total. The minimum Gasteiger partial charge on any atom is -0.331 e. The predicted octanol–water partition coefficient (Wildman–Crippen LogP) is 4.10. The Hall–Kier alpha value is -2.90. The van der Waals surface area contributed by atoms with Gasteiger partial charge in [-0.2, -0.15) is 0 Å². The van der Waals surface area contributed by atoms with Crippen LogP contribution in [0.15, 0.2) is 30.7 Å². The number of aryl methyl sites for hydroxylation is 1. The van der Waals surface area contributed by atoms with Gasteiger partial charge in [0, 0.05) is 43.0 Å². The van der Waals surface area contributed by atoms with Crippen molar-refractivity contribution in [2.24, 2.45) is 13.0 Å². The molecule has 6 nitrogen and oxygen atoms in total. The van der Waals surface area contributed by atoms with Crippen molar-refractivity contribution in [3.05, 3.63) is 36.5 Å². The number of pyridine rings is 2. The van der Waals surface area contributed by atoms with E-state index >= 15 is 0 Å². The molecule has 1 fully saturated rings. The molecule has 4 rings (SSSR count). The van der Waals surface area contributed by atoms with Gasteiger partial charge in [0.2, 0.25) is 11.8 Å². The number of halogens is 2. The Kier molecular flexibility index (Phi) is 4.56. The largest absolute Gasteiger partial charge is 0.331 e. The Balaban J connectivity index is 1.55. The molecule has 0 bridgehead atoms. The molecule has 146 valence electrons. The first-order chi connectivity index (χ1) is 13.3. The van der Waals surface area contributed by atoms with Gasteiger partial charge in [-0.1, -0.05) is 0 Å². The Morgan fingerprint density at radius 1 is 1.14 bits per heavy atom. The van der Waals surface area contributed by atoms with Crippen LogP contribution in [0.5, 0.6) is 0 Å². The highest BCUT2D eigenvalue weighted by Crippen LogP contribution is 2.36. The van der Waals surface area contributed by atoms with Crippen LogP contribution in [0, 0.1) is 12.8 Å². The molecule has 3 heterocycles. The fraction of sp³-hybridized carbons (Fsp3) is 0.400. The summed E-state index contributed by atoms with van der Waals surface area (Å²) in [5.74, 6) is -2.01. The average Bonchev–Trinajstić information content (AvgIpc) is 3.00. The van der Waals surface area contributed by atoms with E-state index < -0.39 is 11.8 Å². The van der Waals surface area contributed by atoms with Crippen LogP contribution in [0.1, 0.15) is 31.5 Å². The smallest absolute Gasteiger partial charge is 0.248 e. The van der Waals surface area contributed by atoms with Gasteiger partial charge >= 0.3 is 0 Å². The van der Waals surface area contributed by atoms with E-state index in [0.717, 1.165) is 22.5 Å². The number of carbonyl (C=O) groups is 1. The summed E-state index contributed by atoms with van der Waals surface area (Å²) >= 11 is 0. The number of fused-ring (bicyclic) bond motifs is 1. The number of hydrogen-bond donors (Lipinski definition) is 1. The van der Waals surface area contributed by atoms with Crippen molar-refractivity contribution < 1.29 is 13.6 Å². The highest BCUT2D eigenvalue weighted by molar-refractivity contribution is 5.94. The maximum absolute atomic E-state index is 13.3. The van der Waals surface area contributed by atoms with Crippen LogP contribution in [0.4, 0.5) is 14.6 Å². The van der Waals surface area contributed by atoms with Gasteiger partial charge in [0.15, 0.2) is 0 Å². The molecule has 1 amide bonds. The maximum Gasteiger partial charge on any atom is 0.248 e. The van der Waals surface area contributed by atoms with Gasteiger partial charge in [-0.25, -0.2) is 18.7 Å². The number of imidazole rings is 1. The van der Waals surface area contributed by atoms with Gasteiger partial charge < -0.3 is 9.88 Å². The third-order valence-corrected chi connectivity index (χ3v) is 5.42. The van der Waals surface area contributed by atoms with E-state index in [4.69, 9.17) is 0 Å². The first-order valence-electron chi connectivity index (χ1n) is 9.25. The molecule has 0 saturated heterocycles. The summed E-state index contributed by atoms with van der Waals surface area (Å²) in [6.45, 7) is 1.93. The van der Waals surface area contributed by atoms with E-state index in [1.807, 2.05) is 24.6 Å². The highest BCUT2D eigenvalue weighted by Gasteiger charge is 2.37. The van der Waals surface area contributed by atoms with E-state index in [9.17, 15) is 13.6 Å². The van der Waals surface area contributed by atoms with Crippen LogP contribution >= 0.6 is 0 Å². The molecule has 28 heavy (non-hydrogen) atoms. The Morgan fingerprint density at radius 2 is 1.89 bits per heavy atom. The Labute approximate surface area is 161 Å². The van der Waals surface area contributed by atoms with Crippen molar-refractivity contribution in [3.8, 4) is 11.3 Å². The number of aromatic nitrogens is 4. The number of anilines is 1. The quantitative estimate of drug-likeness (QED) is 0.737. The van der Waals surface area contributed by atoms with Gasteiger partial charge in [-0.3, -0.25) is 9.78 Å². The van der Waals surface area contributed by atoms with Crippen molar-refractivity contribution in [1.82, 2.24) is 19.5 Å². The third-order valence-electron chi connectivity index (χ3n) is 5.42. The lowest BCUT2D eigenvalue weighted by molar-refractivity contribution is -0.124. The van der Waals surface area contributed by atoms with E-state index in [1.165, 1.54) is 0 Å². The molecule has 0 atom stereocenters. The van der Waals surface area contributed by atoms with Crippen LogP contribution in [0.3, 0.4) is 0 Å². The van der Waals surface area contributed by atoms with Crippen molar-refractivity contribution in [3.63, 3.8) is 0 Å². The lowest BCUT2D eigenvalue weighted by atomic mass is 9.86. The lowest BCUT2D eigenvalue weighted by Crippen LogP contribution is -2.32. The van der Waals surface area contributed by atoms with Crippen molar-refractivity contribution in [2.45, 2.75) is 38.5 Å². The van der Waals surface area contributed by atoms with Crippen LogP contribution < -0.4 is 5.32 Å². The highest BCUT2D eigenvalue weighted by atomic mass is 19.3. The zero-order valence-electron chi connectivity index (χ0n) is 15.7. The van der Waals surface area contributed by atoms with Crippen LogP contribution in [-0.4, -0.2) is 31.3 Å². The second kappa shape index (κ2) is 6.92. The molecule has 3 aromatic heterocycles. The number of nitrogens with one attached hydrogen (secondary N) is 1. The Bertz CT molecular complexity index is 1040. The minimum absolute atomic E-state index is 0.192. The van der Waals surface area contributed by atoms with Crippen LogP contribution in [0.2, 0.25) is 0 Å². The minimum atomic E-state index is -2.65. The molecule has 1 saturated carbocycles. The zero-order valence-corrected chi connectivity index (χ0v) is 15.7. The maximum atomic E-state index is 13.3. The molecular weight excluding hydrogens is 364 g/mol. The number of rotatable bonds is 3. The molecule has 0 aromatic carbocycles. The summed E-state index contributed by atoms with van der Waals surface area (Å²) in [4.78, 5) is 25.4. The normalized spacial score (nSPS) is 17.0. The number of amides is 1. The summed E-state index contributed by atoms with van der Waals surface area (Å²) in [7, 11) is 1.94. The van der Waals surface area contributed by atoms with Crippen molar-refractivity contribution >= 4 is 22.6 Å². The number of alkyl halides is 2. The number of carbonyl (C=O) groups excluding carboxylic acids is 1. The molecule has 0 unspecified atom stereocenters. The van der Waals surface area contributed by atoms with E-state index in [2.05, 4.69) is 20.3 Å². The van der Waals surface area contributed by atoms with Gasteiger partial charge in [0.1, 0.15) is 11.6 Å². The summed E-state index contributed by atoms with van der Waals surface area (Å²) in [5.41, 5.74) is 2.56. The van der Waals surface area contributed by atoms with Gasteiger partial charge in [0.05, 0.1) is 23.6 Å². The monoisotopic (exact) mass is 385 g/mol. The standard InChI is InChI=1S/C20H21F2N5O/c1-12-23-11-17(27(12)2)15-7-14-8-18(25-10-16(14)24-9-15)26-19(28)13-3-5-20(21,22)6-4-13/h7-11,13H,3-6H2,1-2H3,(H,25,26,28). The number of nitrogens with zero attached hydrogens (tertiary/aromatic N) is 4. The molecule has 1 aliphatic carbocycles. The third kappa shape index (κ3) is 3.58. The van der Waals surface area contributed by atoms with E-state index in [1.54, 1.807) is 24.7 Å². The molecule has 1 aliphatic rings. The van der Waals surface area contributed by atoms with Crippen molar-refractivity contribution in [1.29, 1.82) is 0 Å². The second-order valence-electron chi connectivity index (χ2n) is 7.36. The molecule has 0 radical (unpaired) electrons. The van der Waals surface area contributed by atoms with Gasteiger partial charge in [-0.05, 0) is 31.9 Å². The first kappa shape index (κ1) is 18.5. The van der Waals surface area contributed by atoms with Crippen LogP contribution in [-0.2, 0) is 11.8 Å². The molecule has 0 aliphatic heterocycles. The fourth-order valence-electron chi connectivity index (χ4n) is 3.54. The summed E-state index contributed by atoms with van der Waals surface area (Å²) in [6.07, 6.45) is 5.05. The SMILES string of the molecule is Cc1ncc(-c2cnc3cnc(NC(=O)C4CCC(F)(F)CC4)cc3c2)n1C. The van der Waals surface area contributed by atoms with Crippen LogP contribution in [0.25, 0.3) is 22.2 Å². The average molecular weight is 385 g/mol. The molecule has 8 heteroatoms. The Morgan fingerprint density at radius 3 is 2.57 bits per heavy atom. The molecule has 3 aromatic rings.